The maximum atomic E-state index is 13.4. The molecule has 0 fully saturated rings. The lowest BCUT2D eigenvalue weighted by Crippen LogP contribution is -2.35. The fourth-order valence-corrected chi connectivity index (χ4v) is 4.19. The standard InChI is InChI=1S/C25H27F3N6O8S/c1-4-23(35)41-16-42-31-34(37)32(3)13-14-40-24(36)30-43(38,39)20-11-9-19(10-12-20)33-21(15-22(29-33)25(26,27)28)18-7-5-17(2)6-8-18/h5-12,15H,4,13-14,16H2,1-3H3,(H,30,36). The minimum Gasteiger partial charge on any atom is -0.569 e. The summed E-state index contributed by atoms with van der Waals surface area (Å²) >= 11 is 0. The van der Waals surface area contributed by atoms with Crippen LogP contribution in [-0.4, -0.2) is 67.2 Å². The third-order valence-electron chi connectivity index (χ3n) is 5.59. The van der Waals surface area contributed by atoms with E-state index in [1.165, 1.54) is 19.2 Å². The molecule has 0 spiro atoms. The first-order valence-corrected chi connectivity index (χ1v) is 13.9. The molecule has 0 saturated heterocycles. The number of hydrogen-bond acceptors (Lipinski definition) is 10. The Hall–Kier alpha value is -4.87. The van der Waals surface area contributed by atoms with Gasteiger partial charge in [-0.2, -0.15) is 18.3 Å². The van der Waals surface area contributed by atoms with Gasteiger partial charge in [0.15, 0.2) is 5.69 Å². The Kier molecular flexibility index (Phi) is 10.5. The summed E-state index contributed by atoms with van der Waals surface area (Å²) in [5.41, 5.74) is 0.494. The normalized spacial score (nSPS) is 12.0. The molecule has 18 heteroatoms. The van der Waals surface area contributed by atoms with Gasteiger partial charge in [0, 0.05) is 12.0 Å². The number of amides is 1. The molecular weight excluding hydrogens is 601 g/mol. The first kappa shape index (κ1) is 32.6. The summed E-state index contributed by atoms with van der Waals surface area (Å²) in [5.74, 6) is -0.559. The van der Waals surface area contributed by atoms with Gasteiger partial charge in [0.25, 0.3) is 16.8 Å². The summed E-state index contributed by atoms with van der Waals surface area (Å²) in [6.07, 6.45) is -5.96. The van der Waals surface area contributed by atoms with Crippen molar-refractivity contribution < 1.29 is 50.5 Å². The second kappa shape index (κ2) is 13.9. The third kappa shape index (κ3) is 9.06. The number of hydrazine groups is 1. The molecular formula is C25H27F3N6O8S. The molecule has 3 rings (SSSR count). The number of carbonyl (C=O) groups excluding carboxylic acids is 2. The Morgan fingerprint density at radius 1 is 1.12 bits per heavy atom. The zero-order chi connectivity index (χ0) is 31.8. The van der Waals surface area contributed by atoms with E-state index in [2.05, 4.69) is 20.0 Å². The number of nitrogens with zero attached hydrogens (tertiary/aromatic N) is 5. The van der Waals surface area contributed by atoms with Gasteiger partial charge in [-0.05, 0) is 37.3 Å². The maximum absolute atomic E-state index is 13.4. The van der Waals surface area contributed by atoms with Crippen LogP contribution in [0.3, 0.4) is 0 Å². The molecule has 3 aromatic rings. The number of rotatable bonds is 12. The molecule has 0 bridgehead atoms. The van der Waals surface area contributed by atoms with Gasteiger partial charge in [0.2, 0.25) is 5.28 Å². The van der Waals surface area contributed by atoms with Gasteiger partial charge in [0.1, 0.15) is 13.2 Å². The molecule has 43 heavy (non-hydrogen) atoms. The lowest BCUT2D eigenvalue weighted by molar-refractivity contribution is -0.706. The minimum absolute atomic E-state index is 0.0130. The topological polar surface area (TPSA) is 167 Å². The van der Waals surface area contributed by atoms with Crippen LogP contribution >= 0.6 is 0 Å². The number of halogens is 3. The first-order chi connectivity index (χ1) is 20.2. The number of likely N-dealkylation sites (N-methyl/N-ethyl adjacent to an activating group) is 1. The van der Waals surface area contributed by atoms with E-state index in [4.69, 9.17) is 4.74 Å². The molecule has 0 atom stereocenters. The van der Waals surface area contributed by atoms with Crippen molar-refractivity contribution in [3.05, 3.63) is 71.1 Å². The molecule has 0 aliphatic carbocycles. The fourth-order valence-electron chi connectivity index (χ4n) is 3.30. The van der Waals surface area contributed by atoms with Gasteiger partial charge in [-0.3, -0.25) is 4.79 Å². The molecule has 1 heterocycles. The van der Waals surface area contributed by atoms with Crippen LogP contribution in [0.1, 0.15) is 24.6 Å². The molecule has 0 aliphatic rings. The van der Waals surface area contributed by atoms with Gasteiger partial charge < -0.3 is 19.5 Å². The summed E-state index contributed by atoms with van der Waals surface area (Å²) in [4.78, 5) is 27.2. The Morgan fingerprint density at radius 2 is 1.77 bits per heavy atom. The highest BCUT2D eigenvalue weighted by Gasteiger charge is 2.35. The van der Waals surface area contributed by atoms with Crippen molar-refractivity contribution in [3.63, 3.8) is 0 Å². The van der Waals surface area contributed by atoms with Gasteiger partial charge in [0.05, 0.1) is 28.3 Å². The number of carbonyl (C=O) groups is 2. The number of nitrogens with one attached hydrogen (secondary N) is 1. The average Bonchev–Trinajstić information content (AvgIpc) is 3.41. The second-order valence-corrected chi connectivity index (χ2v) is 10.4. The maximum Gasteiger partial charge on any atom is 0.435 e. The Morgan fingerprint density at radius 3 is 2.37 bits per heavy atom. The minimum atomic E-state index is -4.72. The van der Waals surface area contributed by atoms with Crippen molar-refractivity contribution in [1.29, 1.82) is 0 Å². The van der Waals surface area contributed by atoms with Crippen molar-refractivity contribution in [1.82, 2.24) is 19.5 Å². The van der Waals surface area contributed by atoms with Crippen LogP contribution in [0.5, 0.6) is 0 Å². The number of benzene rings is 2. The summed E-state index contributed by atoms with van der Waals surface area (Å²) < 4.78 is 77.7. The highest BCUT2D eigenvalue weighted by atomic mass is 32.2. The molecule has 1 N–H and O–H groups in total. The van der Waals surface area contributed by atoms with Crippen molar-refractivity contribution in [2.45, 2.75) is 31.3 Å². The first-order valence-electron chi connectivity index (χ1n) is 12.4. The molecule has 0 aliphatic heterocycles. The Bertz CT molecular complexity index is 1560. The zero-order valence-corrected chi connectivity index (χ0v) is 23.9. The zero-order valence-electron chi connectivity index (χ0n) is 23.1. The van der Waals surface area contributed by atoms with Gasteiger partial charge in [-0.25, -0.2) is 22.6 Å². The summed E-state index contributed by atoms with van der Waals surface area (Å²) in [6, 6.07) is 12.3. The van der Waals surface area contributed by atoms with Crippen LogP contribution < -0.4 is 4.72 Å². The van der Waals surface area contributed by atoms with E-state index in [1.54, 1.807) is 35.9 Å². The van der Waals surface area contributed by atoms with Crippen LogP contribution in [-0.2, 0) is 35.3 Å². The van der Waals surface area contributed by atoms with E-state index in [1.807, 2.05) is 6.92 Å². The van der Waals surface area contributed by atoms with Crippen molar-refractivity contribution in [3.8, 4) is 16.9 Å². The molecule has 232 valence electrons. The van der Waals surface area contributed by atoms with E-state index in [0.717, 1.165) is 33.5 Å². The van der Waals surface area contributed by atoms with Crippen LogP contribution in [0.25, 0.3) is 16.9 Å². The molecule has 0 saturated carbocycles. The molecule has 1 amide bonds. The van der Waals surface area contributed by atoms with Crippen LogP contribution in [0.15, 0.2) is 64.8 Å². The van der Waals surface area contributed by atoms with E-state index >= 15 is 0 Å². The van der Waals surface area contributed by atoms with E-state index in [0.29, 0.717) is 5.56 Å². The summed E-state index contributed by atoms with van der Waals surface area (Å²) in [5, 5.41) is 19.4. The predicted molar refractivity (Wildman–Crippen MR) is 141 cm³/mol. The molecule has 1 aromatic heterocycles. The number of aromatic nitrogens is 2. The molecule has 0 radical (unpaired) electrons. The fraction of sp³-hybridized carbons (Fsp3) is 0.320. The van der Waals surface area contributed by atoms with Crippen LogP contribution in [0.4, 0.5) is 18.0 Å². The van der Waals surface area contributed by atoms with Gasteiger partial charge >= 0.3 is 18.2 Å². The lowest BCUT2D eigenvalue weighted by atomic mass is 10.1. The van der Waals surface area contributed by atoms with E-state index in [-0.39, 0.29) is 34.2 Å². The Labute approximate surface area is 243 Å². The number of hydrogen-bond donors (Lipinski definition) is 1. The lowest BCUT2D eigenvalue weighted by Gasteiger charge is -2.13. The number of alkyl halides is 3. The number of sulfonamides is 1. The van der Waals surface area contributed by atoms with Gasteiger partial charge in [-0.1, -0.05) is 36.8 Å². The predicted octanol–water partition coefficient (Wildman–Crippen LogP) is 3.93. The SMILES string of the molecule is CCC(=O)OCON=[N+]([O-])N(C)CCOC(=O)NS(=O)(=O)c1ccc(-n2nc(C(F)(F)F)cc2-c2ccc(C)cc2)cc1. The largest absolute Gasteiger partial charge is 0.569 e. The number of aryl methyl sites for hydroxylation is 1. The number of ether oxygens (including phenoxy) is 2. The molecule has 0 unspecified atom stereocenters. The summed E-state index contributed by atoms with van der Waals surface area (Å²) in [6.45, 7) is 2.16. The van der Waals surface area contributed by atoms with Crippen molar-refractivity contribution in [2.24, 2.45) is 5.28 Å². The van der Waals surface area contributed by atoms with Crippen molar-refractivity contribution in [2.75, 3.05) is 27.0 Å². The van der Waals surface area contributed by atoms with Crippen LogP contribution in [0, 0.1) is 12.1 Å². The van der Waals surface area contributed by atoms with Gasteiger partial charge in [-0.15, -0.1) is 5.01 Å². The molecule has 14 nitrogen and oxygen atoms in total. The highest BCUT2D eigenvalue weighted by Crippen LogP contribution is 2.33. The Balaban J connectivity index is 1.63. The summed E-state index contributed by atoms with van der Waals surface area (Å²) in [7, 11) is -3.17. The monoisotopic (exact) mass is 628 g/mol. The van der Waals surface area contributed by atoms with E-state index < -0.39 is 47.4 Å². The molecule has 2 aromatic carbocycles. The smallest absolute Gasteiger partial charge is 0.435 e. The quantitative estimate of drug-likeness (QED) is 0.0775. The van der Waals surface area contributed by atoms with Crippen LogP contribution in [0.2, 0.25) is 0 Å². The average molecular weight is 629 g/mol. The number of esters is 1. The highest BCUT2D eigenvalue weighted by molar-refractivity contribution is 7.90. The van der Waals surface area contributed by atoms with Crippen molar-refractivity contribution >= 4 is 22.1 Å². The second-order valence-electron chi connectivity index (χ2n) is 8.76. The third-order valence-corrected chi connectivity index (χ3v) is 6.91. The van der Waals surface area contributed by atoms with E-state index in [9.17, 15) is 36.4 Å².